The Bertz CT molecular complexity index is 302. The smallest absolute Gasteiger partial charge is 0.0373 e. The number of rotatable bonds is 4. The highest BCUT2D eigenvalue weighted by molar-refractivity contribution is 6.20. The average molecular weight is 225 g/mol. The van der Waals surface area contributed by atoms with Crippen molar-refractivity contribution < 1.29 is 0 Å². The van der Waals surface area contributed by atoms with Crippen molar-refractivity contribution in [3.05, 3.63) is 35.4 Å². The van der Waals surface area contributed by atoms with Crippen molar-refractivity contribution in [2.75, 3.05) is 0 Å². The lowest BCUT2D eigenvalue weighted by Gasteiger charge is -2.15. The van der Waals surface area contributed by atoms with Gasteiger partial charge < -0.3 is 0 Å². The van der Waals surface area contributed by atoms with Crippen LogP contribution in [0.15, 0.2) is 24.3 Å². The number of alkyl halides is 1. The summed E-state index contributed by atoms with van der Waals surface area (Å²) in [7, 11) is 0. The molecule has 2 atom stereocenters. The van der Waals surface area contributed by atoms with Gasteiger partial charge in [-0.1, -0.05) is 45.0 Å². The SMILES string of the molecule is CC(C)Cc1cccc(C(C)C(C)Cl)c1. The standard InChI is InChI=1S/C14H21Cl/c1-10(2)8-13-6-5-7-14(9-13)11(3)12(4)15/h5-7,9-12H,8H2,1-4H3. The zero-order valence-corrected chi connectivity index (χ0v) is 10.9. The van der Waals surface area contributed by atoms with Crippen LogP contribution in [-0.4, -0.2) is 5.38 Å². The lowest BCUT2D eigenvalue weighted by Crippen LogP contribution is -2.05. The third kappa shape index (κ3) is 3.87. The van der Waals surface area contributed by atoms with Gasteiger partial charge >= 0.3 is 0 Å². The van der Waals surface area contributed by atoms with Crippen molar-refractivity contribution in [2.45, 2.75) is 45.4 Å². The van der Waals surface area contributed by atoms with Crippen molar-refractivity contribution >= 4 is 11.6 Å². The Hall–Kier alpha value is -0.490. The Labute approximate surface area is 98.7 Å². The summed E-state index contributed by atoms with van der Waals surface area (Å²) in [5.74, 6) is 1.14. The first kappa shape index (κ1) is 12.6. The molecular formula is C14H21Cl. The molecule has 0 amide bonds. The first-order valence-corrected chi connectivity index (χ1v) is 6.17. The molecule has 1 heteroatoms. The Morgan fingerprint density at radius 3 is 2.33 bits per heavy atom. The van der Waals surface area contributed by atoms with Gasteiger partial charge in [-0.2, -0.15) is 0 Å². The molecule has 2 unspecified atom stereocenters. The fraction of sp³-hybridized carbons (Fsp3) is 0.571. The zero-order valence-electron chi connectivity index (χ0n) is 10.1. The fourth-order valence-electron chi connectivity index (χ4n) is 1.74. The average Bonchev–Trinajstić information content (AvgIpc) is 2.16. The van der Waals surface area contributed by atoms with Crippen LogP contribution in [-0.2, 0) is 6.42 Å². The third-order valence-corrected chi connectivity index (χ3v) is 3.19. The number of hydrogen-bond acceptors (Lipinski definition) is 0. The highest BCUT2D eigenvalue weighted by atomic mass is 35.5. The molecule has 0 aromatic heterocycles. The summed E-state index contributed by atoms with van der Waals surface area (Å²) in [6, 6.07) is 8.81. The van der Waals surface area contributed by atoms with Crippen LogP contribution in [0.3, 0.4) is 0 Å². The van der Waals surface area contributed by atoms with Gasteiger partial charge in [0.1, 0.15) is 0 Å². The molecule has 1 aromatic rings. The minimum atomic E-state index is 0.194. The van der Waals surface area contributed by atoms with E-state index in [1.165, 1.54) is 11.1 Å². The summed E-state index contributed by atoms with van der Waals surface area (Å²) < 4.78 is 0. The molecule has 84 valence electrons. The maximum atomic E-state index is 6.12. The lowest BCUT2D eigenvalue weighted by atomic mass is 9.94. The minimum Gasteiger partial charge on any atom is -0.123 e. The zero-order chi connectivity index (χ0) is 11.4. The predicted octanol–water partition coefficient (Wildman–Crippen LogP) is 4.62. The van der Waals surface area contributed by atoms with Gasteiger partial charge in [0.25, 0.3) is 0 Å². The van der Waals surface area contributed by atoms with Crippen molar-refractivity contribution in [3.8, 4) is 0 Å². The van der Waals surface area contributed by atoms with Crippen LogP contribution in [0.5, 0.6) is 0 Å². The summed E-state index contributed by atoms with van der Waals surface area (Å²) >= 11 is 6.12. The summed E-state index contributed by atoms with van der Waals surface area (Å²) in [5, 5.41) is 0.194. The molecule has 0 aliphatic carbocycles. The van der Waals surface area contributed by atoms with Gasteiger partial charge in [-0.15, -0.1) is 11.6 Å². The molecule has 0 spiro atoms. The molecule has 0 saturated carbocycles. The summed E-state index contributed by atoms with van der Waals surface area (Å²) in [5.41, 5.74) is 2.78. The second kappa shape index (κ2) is 5.55. The highest BCUT2D eigenvalue weighted by Gasteiger charge is 2.11. The summed E-state index contributed by atoms with van der Waals surface area (Å²) in [6.45, 7) is 8.74. The normalized spacial score (nSPS) is 15.3. The number of benzene rings is 1. The van der Waals surface area contributed by atoms with Gasteiger partial charge in [0.15, 0.2) is 0 Å². The third-order valence-electron chi connectivity index (χ3n) is 2.81. The van der Waals surface area contributed by atoms with Gasteiger partial charge in [-0.25, -0.2) is 0 Å². The van der Waals surface area contributed by atoms with Crippen LogP contribution in [0.2, 0.25) is 0 Å². The molecule has 0 aliphatic heterocycles. The predicted molar refractivity (Wildman–Crippen MR) is 68.7 cm³/mol. The largest absolute Gasteiger partial charge is 0.123 e. The summed E-state index contributed by atoms with van der Waals surface area (Å²) in [4.78, 5) is 0. The van der Waals surface area contributed by atoms with E-state index in [1.807, 2.05) is 0 Å². The Morgan fingerprint density at radius 2 is 1.80 bits per heavy atom. The molecule has 15 heavy (non-hydrogen) atoms. The molecule has 0 bridgehead atoms. The van der Waals surface area contributed by atoms with Crippen LogP contribution < -0.4 is 0 Å². The van der Waals surface area contributed by atoms with Crippen molar-refractivity contribution in [2.24, 2.45) is 5.92 Å². The topological polar surface area (TPSA) is 0 Å². The second-order valence-electron chi connectivity index (χ2n) is 4.81. The maximum absolute atomic E-state index is 6.12. The molecule has 1 aromatic carbocycles. The van der Waals surface area contributed by atoms with Crippen molar-refractivity contribution in [1.82, 2.24) is 0 Å². The molecule has 0 aliphatic rings. The van der Waals surface area contributed by atoms with Crippen LogP contribution in [0.25, 0.3) is 0 Å². The molecule has 0 N–H and O–H groups in total. The van der Waals surface area contributed by atoms with E-state index in [2.05, 4.69) is 52.0 Å². The molecule has 0 saturated heterocycles. The van der Waals surface area contributed by atoms with Crippen LogP contribution in [0.1, 0.15) is 44.7 Å². The highest BCUT2D eigenvalue weighted by Crippen LogP contribution is 2.24. The van der Waals surface area contributed by atoms with Crippen molar-refractivity contribution in [1.29, 1.82) is 0 Å². The van der Waals surface area contributed by atoms with E-state index >= 15 is 0 Å². The molecule has 0 heterocycles. The number of hydrogen-bond donors (Lipinski definition) is 0. The van der Waals surface area contributed by atoms with Gasteiger partial charge in [0, 0.05) is 5.38 Å². The Balaban J connectivity index is 2.82. The van der Waals surface area contributed by atoms with Crippen LogP contribution >= 0.6 is 11.6 Å². The van der Waals surface area contributed by atoms with E-state index in [9.17, 15) is 0 Å². The Kier molecular flexibility index (Phi) is 4.66. The van der Waals surface area contributed by atoms with E-state index in [-0.39, 0.29) is 5.38 Å². The fourth-order valence-corrected chi connectivity index (χ4v) is 1.89. The minimum absolute atomic E-state index is 0.194. The maximum Gasteiger partial charge on any atom is 0.0373 e. The second-order valence-corrected chi connectivity index (χ2v) is 5.50. The summed E-state index contributed by atoms with van der Waals surface area (Å²) in [6.07, 6.45) is 1.15. The Morgan fingerprint density at radius 1 is 1.13 bits per heavy atom. The van der Waals surface area contributed by atoms with E-state index in [4.69, 9.17) is 11.6 Å². The molecule has 1 rings (SSSR count). The molecule has 0 nitrogen and oxygen atoms in total. The van der Waals surface area contributed by atoms with E-state index in [1.54, 1.807) is 0 Å². The quantitative estimate of drug-likeness (QED) is 0.655. The first-order valence-electron chi connectivity index (χ1n) is 5.73. The van der Waals surface area contributed by atoms with E-state index in [0.29, 0.717) is 11.8 Å². The number of halogens is 1. The van der Waals surface area contributed by atoms with E-state index < -0.39 is 0 Å². The van der Waals surface area contributed by atoms with Gasteiger partial charge in [0.2, 0.25) is 0 Å². The van der Waals surface area contributed by atoms with E-state index in [0.717, 1.165) is 6.42 Å². The monoisotopic (exact) mass is 224 g/mol. The van der Waals surface area contributed by atoms with Gasteiger partial charge in [-0.3, -0.25) is 0 Å². The van der Waals surface area contributed by atoms with Gasteiger partial charge in [-0.05, 0) is 36.3 Å². The first-order chi connectivity index (χ1) is 7.00. The van der Waals surface area contributed by atoms with Crippen molar-refractivity contribution in [3.63, 3.8) is 0 Å². The molecule has 0 radical (unpaired) electrons. The van der Waals surface area contributed by atoms with Crippen LogP contribution in [0, 0.1) is 5.92 Å². The molecule has 0 fully saturated rings. The van der Waals surface area contributed by atoms with Gasteiger partial charge in [0.05, 0.1) is 0 Å². The lowest BCUT2D eigenvalue weighted by molar-refractivity contribution is 0.645. The molecular weight excluding hydrogens is 204 g/mol. The van der Waals surface area contributed by atoms with Crippen LogP contribution in [0.4, 0.5) is 0 Å².